The number of nitrogens with zero attached hydrogens (tertiary/aromatic N) is 1. The molecule has 110 valence electrons. The Hall–Kier alpha value is -2.37. The maximum absolute atomic E-state index is 13.7. The zero-order valence-corrected chi connectivity index (χ0v) is 11.3. The molecule has 6 heteroatoms. The van der Waals surface area contributed by atoms with E-state index in [0.29, 0.717) is 11.6 Å². The number of benzene rings is 2. The molecule has 0 aliphatic carbocycles. The second kappa shape index (κ2) is 5.55. The van der Waals surface area contributed by atoms with Crippen molar-refractivity contribution in [1.82, 2.24) is 4.90 Å². The molecule has 0 bridgehead atoms. The van der Waals surface area contributed by atoms with Gasteiger partial charge in [-0.15, -0.1) is 0 Å². The van der Waals surface area contributed by atoms with E-state index in [1.165, 1.54) is 29.2 Å². The van der Waals surface area contributed by atoms with Gasteiger partial charge in [0.05, 0.1) is 0 Å². The van der Waals surface area contributed by atoms with E-state index in [2.05, 4.69) is 0 Å². The maximum atomic E-state index is 13.7. The lowest BCUT2D eigenvalue weighted by Gasteiger charge is -2.11. The van der Waals surface area contributed by atoms with E-state index in [9.17, 15) is 22.4 Å². The molecule has 0 atom stereocenters. The molecule has 21 heavy (non-hydrogen) atoms. The summed E-state index contributed by atoms with van der Waals surface area (Å²) in [5, 5.41) is 0. The fourth-order valence-electron chi connectivity index (χ4n) is 1.83. The molecular weight excluding hydrogens is 286 g/mol. The molecular formula is C15H11F4NO. The molecule has 1 amide bonds. The third kappa shape index (κ3) is 2.74. The van der Waals surface area contributed by atoms with Crippen molar-refractivity contribution >= 4 is 5.91 Å². The van der Waals surface area contributed by atoms with Gasteiger partial charge in [-0.25, -0.2) is 17.6 Å². The van der Waals surface area contributed by atoms with Gasteiger partial charge in [0.2, 0.25) is 0 Å². The van der Waals surface area contributed by atoms with Crippen LogP contribution >= 0.6 is 0 Å². The molecule has 0 radical (unpaired) electrons. The molecule has 2 nitrogen and oxygen atoms in total. The number of halogens is 4. The highest BCUT2D eigenvalue weighted by Gasteiger charge is 2.20. The highest BCUT2D eigenvalue weighted by atomic mass is 19.2. The Labute approximate surface area is 118 Å². The topological polar surface area (TPSA) is 20.3 Å². The molecule has 0 aliphatic rings. The summed E-state index contributed by atoms with van der Waals surface area (Å²) in [4.78, 5) is 13.0. The van der Waals surface area contributed by atoms with Crippen molar-refractivity contribution in [2.24, 2.45) is 0 Å². The van der Waals surface area contributed by atoms with Crippen LogP contribution in [0, 0.1) is 23.3 Å². The first kappa shape index (κ1) is 15.0. The summed E-state index contributed by atoms with van der Waals surface area (Å²) in [6.45, 7) is 0. The molecule has 0 saturated carbocycles. The summed E-state index contributed by atoms with van der Waals surface area (Å²) in [7, 11) is 3.14. The quantitative estimate of drug-likeness (QED) is 0.471. The lowest BCUT2D eigenvalue weighted by molar-refractivity contribution is 0.0827. The first-order valence-corrected chi connectivity index (χ1v) is 5.98. The van der Waals surface area contributed by atoms with Crippen LogP contribution in [0.5, 0.6) is 0 Å². The van der Waals surface area contributed by atoms with E-state index >= 15 is 0 Å². The van der Waals surface area contributed by atoms with Gasteiger partial charge in [-0.2, -0.15) is 0 Å². The van der Waals surface area contributed by atoms with Crippen LogP contribution in [-0.2, 0) is 0 Å². The smallest absolute Gasteiger partial charge is 0.253 e. The summed E-state index contributed by atoms with van der Waals surface area (Å²) >= 11 is 0. The molecule has 2 aromatic rings. The normalized spacial score (nSPS) is 10.6. The van der Waals surface area contributed by atoms with Crippen LogP contribution < -0.4 is 0 Å². The van der Waals surface area contributed by atoms with Crippen molar-refractivity contribution in [3.8, 4) is 11.1 Å². The Morgan fingerprint density at radius 2 is 1.48 bits per heavy atom. The van der Waals surface area contributed by atoms with Gasteiger partial charge in [0.15, 0.2) is 23.3 Å². The minimum Gasteiger partial charge on any atom is -0.345 e. The summed E-state index contributed by atoms with van der Waals surface area (Å²) < 4.78 is 52.9. The highest BCUT2D eigenvalue weighted by molar-refractivity contribution is 5.94. The molecule has 0 fully saturated rings. The van der Waals surface area contributed by atoms with Crippen LogP contribution in [0.25, 0.3) is 11.1 Å². The predicted molar refractivity (Wildman–Crippen MR) is 69.7 cm³/mol. The first-order valence-electron chi connectivity index (χ1n) is 5.98. The standard InChI is InChI=1S/C15H11F4NO/c1-20(2)15(21)9-5-3-8(4-6-9)10-7-11(16)13(18)14(19)12(10)17/h3-7H,1-2H3. The Balaban J connectivity index is 2.47. The number of carbonyl (C=O) groups is 1. The van der Waals surface area contributed by atoms with Gasteiger partial charge in [-0.3, -0.25) is 4.79 Å². The van der Waals surface area contributed by atoms with Gasteiger partial charge < -0.3 is 4.90 Å². The molecule has 0 spiro atoms. The second-order valence-corrected chi connectivity index (χ2v) is 4.62. The van der Waals surface area contributed by atoms with Crippen LogP contribution in [0.4, 0.5) is 17.6 Å². The third-order valence-corrected chi connectivity index (χ3v) is 2.95. The average Bonchev–Trinajstić information content (AvgIpc) is 2.48. The zero-order chi connectivity index (χ0) is 15.7. The molecule has 0 unspecified atom stereocenters. The Morgan fingerprint density at radius 3 is 2.00 bits per heavy atom. The molecule has 0 saturated heterocycles. The predicted octanol–water partition coefficient (Wildman–Crippen LogP) is 3.61. The molecule has 2 aromatic carbocycles. The van der Waals surface area contributed by atoms with Crippen LogP contribution in [0.1, 0.15) is 10.4 Å². The van der Waals surface area contributed by atoms with Crippen molar-refractivity contribution in [3.05, 3.63) is 59.2 Å². The Morgan fingerprint density at radius 1 is 0.905 bits per heavy atom. The van der Waals surface area contributed by atoms with Crippen LogP contribution in [-0.4, -0.2) is 24.9 Å². The minimum absolute atomic E-state index is 0.139. The maximum Gasteiger partial charge on any atom is 0.253 e. The van der Waals surface area contributed by atoms with Crippen LogP contribution in [0.2, 0.25) is 0 Å². The van der Waals surface area contributed by atoms with Gasteiger partial charge in [-0.1, -0.05) is 12.1 Å². The summed E-state index contributed by atoms with van der Waals surface area (Å²) in [6.07, 6.45) is 0. The molecule has 0 N–H and O–H groups in total. The van der Waals surface area contributed by atoms with Crippen molar-refractivity contribution in [2.45, 2.75) is 0 Å². The van der Waals surface area contributed by atoms with Gasteiger partial charge in [0, 0.05) is 25.2 Å². The molecule has 2 rings (SSSR count). The van der Waals surface area contributed by atoms with Gasteiger partial charge >= 0.3 is 0 Å². The monoisotopic (exact) mass is 297 g/mol. The lowest BCUT2D eigenvalue weighted by Crippen LogP contribution is -2.21. The lowest BCUT2D eigenvalue weighted by atomic mass is 10.0. The molecule has 0 aliphatic heterocycles. The Bertz CT molecular complexity index is 696. The van der Waals surface area contributed by atoms with E-state index in [1.54, 1.807) is 14.1 Å². The minimum atomic E-state index is -1.86. The van der Waals surface area contributed by atoms with Crippen molar-refractivity contribution in [3.63, 3.8) is 0 Å². The Kier molecular flexibility index (Phi) is 3.97. The summed E-state index contributed by atoms with van der Waals surface area (Å²) in [6, 6.07) is 6.06. The van der Waals surface area contributed by atoms with Gasteiger partial charge in [0.25, 0.3) is 5.91 Å². The van der Waals surface area contributed by atoms with Crippen molar-refractivity contribution < 1.29 is 22.4 Å². The highest BCUT2D eigenvalue weighted by Crippen LogP contribution is 2.28. The van der Waals surface area contributed by atoms with Crippen molar-refractivity contribution in [1.29, 1.82) is 0 Å². The molecule has 0 heterocycles. The fraction of sp³-hybridized carbons (Fsp3) is 0.133. The van der Waals surface area contributed by atoms with E-state index in [1.807, 2.05) is 0 Å². The number of hydrogen-bond acceptors (Lipinski definition) is 1. The first-order chi connectivity index (χ1) is 9.82. The number of carbonyl (C=O) groups excluding carboxylic acids is 1. The number of rotatable bonds is 2. The number of hydrogen-bond donors (Lipinski definition) is 0. The number of amides is 1. The van der Waals surface area contributed by atoms with E-state index < -0.39 is 28.8 Å². The van der Waals surface area contributed by atoms with Crippen LogP contribution in [0.3, 0.4) is 0 Å². The van der Waals surface area contributed by atoms with E-state index in [-0.39, 0.29) is 11.5 Å². The van der Waals surface area contributed by atoms with E-state index in [0.717, 1.165) is 0 Å². The van der Waals surface area contributed by atoms with Gasteiger partial charge in [-0.05, 0) is 23.8 Å². The fourth-order valence-corrected chi connectivity index (χ4v) is 1.83. The third-order valence-electron chi connectivity index (χ3n) is 2.95. The van der Waals surface area contributed by atoms with E-state index in [4.69, 9.17) is 0 Å². The molecule has 0 aromatic heterocycles. The summed E-state index contributed by atoms with van der Waals surface area (Å²) in [5.41, 5.74) is 0.0723. The SMILES string of the molecule is CN(C)C(=O)c1ccc(-c2cc(F)c(F)c(F)c2F)cc1. The van der Waals surface area contributed by atoms with Crippen LogP contribution in [0.15, 0.2) is 30.3 Å². The summed E-state index contributed by atoms with van der Waals surface area (Å²) in [5.74, 6) is -6.93. The van der Waals surface area contributed by atoms with Crippen molar-refractivity contribution in [2.75, 3.05) is 14.1 Å². The largest absolute Gasteiger partial charge is 0.345 e. The second-order valence-electron chi connectivity index (χ2n) is 4.62. The zero-order valence-electron chi connectivity index (χ0n) is 11.3. The van der Waals surface area contributed by atoms with Gasteiger partial charge in [0.1, 0.15) is 0 Å². The average molecular weight is 297 g/mol.